The summed E-state index contributed by atoms with van der Waals surface area (Å²) in [5.74, 6) is -0.106. The predicted octanol–water partition coefficient (Wildman–Crippen LogP) is 0.236. The van der Waals surface area contributed by atoms with Gasteiger partial charge in [0.05, 0.1) is 6.10 Å². The predicted molar refractivity (Wildman–Crippen MR) is 58.4 cm³/mol. The minimum atomic E-state index is -0.256. The van der Waals surface area contributed by atoms with E-state index in [1.807, 2.05) is 0 Å². The molecule has 1 amide bonds. The number of hydrogen-bond acceptors (Lipinski definition) is 3. The lowest BCUT2D eigenvalue weighted by molar-refractivity contribution is 0.0724. The van der Waals surface area contributed by atoms with E-state index in [-0.39, 0.29) is 17.6 Å². The Morgan fingerprint density at radius 2 is 2.44 bits per heavy atom. The van der Waals surface area contributed by atoms with Crippen LogP contribution in [0.2, 0.25) is 0 Å². The maximum absolute atomic E-state index is 12.0. The Bertz CT molecular complexity index is 441. The number of methoxy groups -OCH3 is 1. The lowest BCUT2D eigenvalue weighted by Crippen LogP contribution is -2.30. The summed E-state index contributed by atoms with van der Waals surface area (Å²) >= 11 is 0. The van der Waals surface area contributed by atoms with Crippen LogP contribution in [0.5, 0.6) is 0 Å². The van der Waals surface area contributed by atoms with Crippen molar-refractivity contribution in [3.05, 3.63) is 34.2 Å². The minimum Gasteiger partial charge on any atom is -0.380 e. The second-order valence-electron chi connectivity index (χ2n) is 3.84. The summed E-state index contributed by atoms with van der Waals surface area (Å²) in [5.41, 5.74) is 0.175. The second kappa shape index (κ2) is 4.49. The number of rotatable bonds is 2. The molecule has 0 bridgehead atoms. The van der Waals surface area contributed by atoms with Crippen molar-refractivity contribution in [1.29, 1.82) is 0 Å². The van der Waals surface area contributed by atoms with Crippen LogP contribution in [-0.2, 0) is 4.74 Å². The maximum atomic E-state index is 12.0. The number of carbonyl (C=O) groups is 1. The van der Waals surface area contributed by atoms with Gasteiger partial charge in [-0.3, -0.25) is 9.59 Å². The van der Waals surface area contributed by atoms with Crippen molar-refractivity contribution >= 4 is 5.91 Å². The highest BCUT2D eigenvalue weighted by Crippen LogP contribution is 2.14. The average Bonchev–Trinajstić information content (AvgIpc) is 2.76. The van der Waals surface area contributed by atoms with Gasteiger partial charge in [-0.15, -0.1) is 0 Å². The number of amides is 1. The number of H-pyrrole nitrogens is 1. The highest BCUT2D eigenvalue weighted by molar-refractivity contribution is 5.94. The molecule has 1 fully saturated rings. The molecule has 0 radical (unpaired) electrons. The molecule has 1 aliphatic heterocycles. The summed E-state index contributed by atoms with van der Waals surface area (Å²) in [6, 6.07) is 2.94. The lowest BCUT2D eigenvalue weighted by Gasteiger charge is -2.15. The molecular weight excluding hydrogens is 208 g/mol. The molecule has 2 heterocycles. The first-order valence-corrected chi connectivity index (χ1v) is 5.21. The van der Waals surface area contributed by atoms with Crippen molar-refractivity contribution in [1.82, 2.24) is 9.88 Å². The van der Waals surface area contributed by atoms with Gasteiger partial charge in [0.15, 0.2) is 0 Å². The fourth-order valence-electron chi connectivity index (χ4n) is 1.87. The van der Waals surface area contributed by atoms with E-state index in [9.17, 15) is 9.59 Å². The zero-order valence-electron chi connectivity index (χ0n) is 9.10. The Balaban J connectivity index is 2.11. The molecule has 1 atom stereocenters. The third-order valence-corrected chi connectivity index (χ3v) is 2.79. The van der Waals surface area contributed by atoms with Gasteiger partial charge in [-0.1, -0.05) is 0 Å². The number of aromatic amines is 1. The lowest BCUT2D eigenvalue weighted by atomic mass is 10.2. The highest BCUT2D eigenvalue weighted by Gasteiger charge is 2.26. The van der Waals surface area contributed by atoms with Gasteiger partial charge >= 0.3 is 0 Å². The van der Waals surface area contributed by atoms with Crippen LogP contribution < -0.4 is 5.56 Å². The topological polar surface area (TPSA) is 62.4 Å². The van der Waals surface area contributed by atoms with Gasteiger partial charge in [-0.05, 0) is 12.5 Å². The number of nitrogens with one attached hydrogen (secondary N) is 1. The van der Waals surface area contributed by atoms with E-state index in [1.54, 1.807) is 18.1 Å². The molecule has 0 aromatic carbocycles. The standard InChI is InChI=1S/C11H14N2O3/c1-16-9-3-5-13(7-9)11(15)8-2-4-12-10(14)6-8/h2,4,6,9H,3,5,7H2,1H3,(H,12,14). The molecule has 1 aliphatic rings. The number of ether oxygens (including phenoxy) is 1. The monoisotopic (exact) mass is 222 g/mol. The van der Waals surface area contributed by atoms with Crippen LogP contribution in [0, 0.1) is 0 Å². The normalized spacial score (nSPS) is 20.1. The first kappa shape index (κ1) is 10.9. The maximum Gasteiger partial charge on any atom is 0.254 e. The molecule has 0 aliphatic carbocycles. The zero-order chi connectivity index (χ0) is 11.5. The smallest absolute Gasteiger partial charge is 0.254 e. The van der Waals surface area contributed by atoms with Gasteiger partial charge in [-0.2, -0.15) is 0 Å². The van der Waals surface area contributed by atoms with Crippen LogP contribution in [0.4, 0.5) is 0 Å². The molecule has 5 nitrogen and oxygen atoms in total. The molecule has 1 saturated heterocycles. The quantitative estimate of drug-likeness (QED) is 0.779. The van der Waals surface area contributed by atoms with Crippen molar-refractivity contribution in [2.45, 2.75) is 12.5 Å². The molecule has 1 aromatic rings. The number of carbonyl (C=O) groups excluding carboxylic acids is 1. The summed E-state index contributed by atoms with van der Waals surface area (Å²) in [4.78, 5) is 27.3. The van der Waals surface area contributed by atoms with Crippen LogP contribution in [0.25, 0.3) is 0 Å². The third-order valence-electron chi connectivity index (χ3n) is 2.79. The minimum absolute atomic E-state index is 0.106. The Morgan fingerprint density at radius 3 is 3.06 bits per heavy atom. The number of likely N-dealkylation sites (tertiary alicyclic amines) is 1. The van der Waals surface area contributed by atoms with E-state index in [2.05, 4.69) is 4.98 Å². The first-order valence-electron chi connectivity index (χ1n) is 5.21. The SMILES string of the molecule is COC1CCN(C(=O)c2cc[nH]c(=O)c2)C1. The fraction of sp³-hybridized carbons (Fsp3) is 0.455. The van der Waals surface area contributed by atoms with Crippen LogP contribution >= 0.6 is 0 Å². The Hall–Kier alpha value is -1.62. The van der Waals surface area contributed by atoms with Crippen molar-refractivity contribution in [3.8, 4) is 0 Å². The van der Waals surface area contributed by atoms with Crippen LogP contribution in [-0.4, -0.2) is 42.1 Å². The van der Waals surface area contributed by atoms with Crippen LogP contribution in [0.3, 0.4) is 0 Å². The van der Waals surface area contributed by atoms with Crippen LogP contribution in [0.1, 0.15) is 16.8 Å². The summed E-state index contributed by atoms with van der Waals surface area (Å²) in [5, 5.41) is 0. The number of nitrogens with zero attached hydrogens (tertiary/aromatic N) is 1. The van der Waals surface area contributed by atoms with Gasteiger partial charge in [-0.25, -0.2) is 0 Å². The van der Waals surface area contributed by atoms with Gasteiger partial charge in [0.2, 0.25) is 5.56 Å². The van der Waals surface area contributed by atoms with E-state index < -0.39 is 0 Å². The number of pyridine rings is 1. The molecule has 1 aromatic heterocycles. The Kier molecular flexibility index (Phi) is 3.05. The average molecular weight is 222 g/mol. The van der Waals surface area contributed by atoms with Crippen molar-refractivity contribution in [2.24, 2.45) is 0 Å². The molecule has 1 unspecified atom stereocenters. The third kappa shape index (κ3) is 2.14. The molecular formula is C11H14N2O3. The van der Waals surface area contributed by atoms with Crippen molar-refractivity contribution in [2.75, 3.05) is 20.2 Å². The highest BCUT2D eigenvalue weighted by atomic mass is 16.5. The number of aromatic nitrogens is 1. The van der Waals surface area contributed by atoms with Gasteiger partial charge < -0.3 is 14.6 Å². The number of hydrogen-bond donors (Lipinski definition) is 1. The van der Waals surface area contributed by atoms with E-state index >= 15 is 0 Å². The van der Waals surface area contributed by atoms with Gasteiger partial charge in [0.1, 0.15) is 0 Å². The summed E-state index contributed by atoms with van der Waals surface area (Å²) in [6.07, 6.45) is 2.45. The zero-order valence-corrected chi connectivity index (χ0v) is 9.10. The molecule has 2 rings (SSSR count). The Labute approximate surface area is 93.0 Å². The van der Waals surface area contributed by atoms with E-state index in [0.717, 1.165) is 6.42 Å². The van der Waals surface area contributed by atoms with Gasteiger partial charge in [0.25, 0.3) is 5.91 Å². The van der Waals surface area contributed by atoms with Crippen LogP contribution in [0.15, 0.2) is 23.1 Å². The molecule has 5 heteroatoms. The van der Waals surface area contributed by atoms with Crippen molar-refractivity contribution in [3.63, 3.8) is 0 Å². The summed E-state index contributed by atoms with van der Waals surface area (Å²) < 4.78 is 5.19. The molecule has 86 valence electrons. The van der Waals surface area contributed by atoms with Gasteiger partial charge in [0, 0.05) is 38.0 Å². The van der Waals surface area contributed by atoms with Crippen molar-refractivity contribution < 1.29 is 9.53 Å². The molecule has 16 heavy (non-hydrogen) atoms. The molecule has 0 spiro atoms. The summed E-state index contributed by atoms with van der Waals surface area (Å²) in [7, 11) is 1.64. The molecule has 0 saturated carbocycles. The Morgan fingerprint density at radius 1 is 1.62 bits per heavy atom. The largest absolute Gasteiger partial charge is 0.380 e. The van der Waals surface area contributed by atoms with E-state index in [0.29, 0.717) is 18.7 Å². The second-order valence-corrected chi connectivity index (χ2v) is 3.84. The summed E-state index contributed by atoms with van der Waals surface area (Å²) in [6.45, 7) is 1.28. The molecule has 1 N–H and O–H groups in total. The first-order chi connectivity index (χ1) is 7.70. The fourth-order valence-corrected chi connectivity index (χ4v) is 1.87. The van der Waals surface area contributed by atoms with E-state index in [1.165, 1.54) is 12.3 Å². The van der Waals surface area contributed by atoms with E-state index in [4.69, 9.17) is 4.74 Å².